The van der Waals surface area contributed by atoms with Gasteiger partial charge in [-0.3, -0.25) is 9.69 Å². The van der Waals surface area contributed by atoms with Gasteiger partial charge in [-0.2, -0.15) is 0 Å². The van der Waals surface area contributed by atoms with E-state index < -0.39 is 5.60 Å². The van der Waals surface area contributed by atoms with Crippen molar-refractivity contribution < 1.29 is 14.6 Å². The second-order valence-electron chi connectivity index (χ2n) is 7.71. The van der Waals surface area contributed by atoms with Crippen molar-refractivity contribution in [3.05, 3.63) is 29.8 Å². The Labute approximate surface area is 150 Å². The molecular formula is C20H30N2O3. The summed E-state index contributed by atoms with van der Waals surface area (Å²) in [6.07, 6.45) is 4.03. The van der Waals surface area contributed by atoms with Gasteiger partial charge in [0.15, 0.2) is 0 Å². The summed E-state index contributed by atoms with van der Waals surface area (Å²) in [5.41, 5.74) is 0.138. The first-order valence-corrected chi connectivity index (χ1v) is 9.37. The van der Waals surface area contributed by atoms with Crippen LogP contribution in [0.3, 0.4) is 0 Å². The number of carbonyl (C=O) groups excluding carboxylic acids is 1. The lowest BCUT2D eigenvalue weighted by Crippen LogP contribution is -2.53. The molecule has 0 bridgehead atoms. The fraction of sp³-hybridized carbons (Fsp3) is 0.650. The number of carbonyl (C=O) groups is 1. The maximum absolute atomic E-state index is 12.7. The van der Waals surface area contributed by atoms with Gasteiger partial charge in [-0.25, -0.2) is 0 Å². The predicted octanol–water partition coefficient (Wildman–Crippen LogP) is 2.39. The minimum absolute atomic E-state index is 0.0590. The SMILES string of the molecule is COc1cccc(C(=O)N2CCN(CC3(O)CCC(C)CC3)CC2)c1. The van der Waals surface area contributed by atoms with Gasteiger partial charge in [-0.1, -0.05) is 13.0 Å². The summed E-state index contributed by atoms with van der Waals surface area (Å²) in [6, 6.07) is 7.33. The van der Waals surface area contributed by atoms with E-state index in [1.165, 1.54) is 0 Å². The Morgan fingerprint density at radius 3 is 2.56 bits per heavy atom. The van der Waals surface area contributed by atoms with Crippen molar-refractivity contribution in [3.8, 4) is 5.75 Å². The first kappa shape index (κ1) is 18.2. The normalized spacial score (nSPS) is 28.0. The fourth-order valence-electron chi connectivity index (χ4n) is 3.92. The second-order valence-corrected chi connectivity index (χ2v) is 7.71. The molecule has 1 heterocycles. The number of hydrogen-bond acceptors (Lipinski definition) is 4. The molecule has 25 heavy (non-hydrogen) atoms. The van der Waals surface area contributed by atoms with E-state index in [0.29, 0.717) is 24.4 Å². The van der Waals surface area contributed by atoms with Crippen LogP contribution in [0.25, 0.3) is 0 Å². The average molecular weight is 346 g/mol. The highest BCUT2D eigenvalue weighted by Gasteiger charge is 2.34. The molecule has 3 rings (SSSR count). The molecule has 1 aromatic carbocycles. The standard InChI is InChI=1S/C20H30N2O3/c1-16-6-8-20(24,9-7-16)15-21-10-12-22(13-11-21)19(23)17-4-3-5-18(14-17)25-2/h3-5,14,16,24H,6-13,15H2,1-2H3. The third kappa shape index (κ3) is 4.53. The number of methoxy groups -OCH3 is 1. The number of piperazine rings is 1. The third-order valence-corrected chi connectivity index (χ3v) is 5.70. The highest BCUT2D eigenvalue weighted by atomic mass is 16.5. The number of rotatable bonds is 4. The monoisotopic (exact) mass is 346 g/mol. The summed E-state index contributed by atoms with van der Waals surface area (Å²) in [6.45, 7) is 6.08. The third-order valence-electron chi connectivity index (χ3n) is 5.70. The number of β-amino-alcohol motifs (C(OH)–C–C–N with tert-alkyl or cyclic N) is 1. The molecule has 1 aliphatic heterocycles. The number of nitrogens with zero attached hydrogens (tertiary/aromatic N) is 2. The molecule has 138 valence electrons. The highest BCUT2D eigenvalue weighted by Crippen LogP contribution is 2.32. The van der Waals surface area contributed by atoms with E-state index in [4.69, 9.17) is 4.74 Å². The summed E-state index contributed by atoms with van der Waals surface area (Å²) in [5, 5.41) is 10.8. The molecule has 0 aromatic heterocycles. The Hall–Kier alpha value is -1.59. The Morgan fingerprint density at radius 2 is 1.92 bits per heavy atom. The maximum atomic E-state index is 12.7. The molecule has 2 fully saturated rings. The van der Waals surface area contributed by atoms with Gasteiger partial charge < -0.3 is 14.7 Å². The van der Waals surface area contributed by atoms with E-state index in [9.17, 15) is 9.90 Å². The number of benzene rings is 1. The summed E-state index contributed by atoms with van der Waals surface area (Å²) < 4.78 is 5.21. The number of ether oxygens (including phenoxy) is 1. The highest BCUT2D eigenvalue weighted by molar-refractivity contribution is 5.94. The Bertz CT molecular complexity index is 588. The lowest BCUT2D eigenvalue weighted by atomic mass is 9.79. The van der Waals surface area contributed by atoms with Gasteiger partial charge in [-0.05, 0) is 49.8 Å². The number of aliphatic hydroxyl groups is 1. The summed E-state index contributed by atoms with van der Waals surface area (Å²) >= 11 is 0. The molecule has 0 radical (unpaired) electrons. The molecule has 0 spiro atoms. The van der Waals surface area contributed by atoms with Crippen LogP contribution >= 0.6 is 0 Å². The molecule has 0 atom stereocenters. The Kier molecular flexibility index (Phi) is 5.64. The van der Waals surface area contributed by atoms with Crippen LogP contribution < -0.4 is 4.74 Å². The van der Waals surface area contributed by atoms with E-state index >= 15 is 0 Å². The topological polar surface area (TPSA) is 53.0 Å². The minimum atomic E-state index is -0.536. The molecule has 1 N–H and O–H groups in total. The van der Waals surface area contributed by atoms with Crippen LogP contribution in [-0.4, -0.2) is 66.2 Å². The lowest BCUT2D eigenvalue weighted by molar-refractivity contribution is -0.0418. The van der Waals surface area contributed by atoms with Crippen LogP contribution in [0, 0.1) is 5.92 Å². The van der Waals surface area contributed by atoms with Gasteiger partial charge in [0.25, 0.3) is 5.91 Å². The van der Waals surface area contributed by atoms with E-state index in [1.807, 2.05) is 23.1 Å². The van der Waals surface area contributed by atoms with E-state index in [-0.39, 0.29) is 5.91 Å². The van der Waals surface area contributed by atoms with Gasteiger partial charge in [0.2, 0.25) is 0 Å². The molecule has 5 nitrogen and oxygen atoms in total. The van der Waals surface area contributed by atoms with Crippen LogP contribution in [-0.2, 0) is 0 Å². The largest absolute Gasteiger partial charge is 0.497 e. The molecule has 1 amide bonds. The van der Waals surface area contributed by atoms with Gasteiger partial charge >= 0.3 is 0 Å². The quantitative estimate of drug-likeness (QED) is 0.910. The van der Waals surface area contributed by atoms with Gasteiger partial charge in [-0.15, -0.1) is 0 Å². The smallest absolute Gasteiger partial charge is 0.254 e. The molecule has 2 aliphatic rings. The van der Waals surface area contributed by atoms with Crippen LogP contribution in [0.5, 0.6) is 5.75 Å². The van der Waals surface area contributed by atoms with Crippen molar-refractivity contribution in [2.24, 2.45) is 5.92 Å². The molecule has 1 aromatic rings. The first-order valence-electron chi connectivity index (χ1n) is 9.37. The number of amides is 1. The van der Waals surface area contributed by atoms with Crippen molar-refractivity contribution in [3.63, 3.8) is 0 Å². The lowest BCUT2D eigenvalue weighted by Gasteiger charge is -2.42. The van der Waals surface area contributed by atoms with Crippen LogP contribution in [0.1, 0.15) is 43.0 Å². The zero-order valence-corrected chi connectivity index (χ0v) is 15.4. The number of hydrogen-bond donors (Lipinski definition) is 1. The van der Waals surface area contributed by atoms with Crippen molar-refractivity contribution in [1.29, 1.82) is 0 Å². The van der Waals surface area contributed by atoms with Crippen LogP contribution in [0.2, 0.25) is 0 Å². The predicted molar refractivity (Wildman–Crippen MR) is 97.9 cm³/mol. The van der Waals surface area contributed by atoms with E-state index in [0.717, 1.165) is 51.2 Å². The van der Waals surface area contributed by atoms with Crippen molar-refractivity contribution in [2.45, 2.75) is 38.2 Å². The molecule has 5 heteroatoms. The van der Waals surface area contributed by atoms with Gasteiger partial charge in [0, 0.05) is 38.3 Å². The Morgan fingerprint density at radius 1 is 1.24 bits per heavy atom. The second kappa shape index (κ2) is 7.75. The molecule has 0 unspecified atom stereocenters. The molecular weight excluding hydrogens is 316 g/mol. The average Bonchev–Trinajstić information content (AvgIpc) is 2.64. The summed E-state index contributed by atoms with van der Waals surface area (Å²) in [7, 11) is 1.61. The maximum Gasteiger partial charge on any atom is 0.254 e. The fourth-order valence-corrected chi connectivity index (χ4v) is 3.92. The van der Waals surface area contributed by atoms with E-state index in [2.05, 4.69) is 11.8 Å². The van der Waals surface area contributed by atoms with Crippen molar-refractivity contribution >= 4 is 5.91 Å². The zero-order chi connectivity index (χ0) is 17.9. The van der Waals surface area contributed by atoms with Crippen LogP contribution in [0.15, 0.2) is 24.3 Å². The van der Waals surface area contributed by atoms with Crippen molar-refractivity contribution in [1.82, 2.24) is 9.80 Å². The van der Waals surface area contributed by atoms with Crippen molar-refractivity contribution in [2.75, 3.05) is 39.8 Å². The zero-order valence-electron chi connectivity index (χ0n) is 15.4. The minimum Gasteiger partial charge on any atom is -0.497 e. The first-order chi connectivity index (χ1) is 12.0. The molecule has 1 saturated heterocycles. The molecule has 1 saturated carbocycles. The summed E-state index contributed by atoms with van der Waals surface area (Å²) in [4.78, 5) is 16.9. The molecule has 1 aliphatic carbocycles. The van der Waals surface area contributed by atoms with E-state index in [1.54, 1.807) is 13.2 Å². The Balaban J connectivity index is 1.52. The van der Waals surface area contributed by atoms with Crippen LogP contribution in [0.4, 0.5) is 0 Å². The van der Waals surface area contributed by atoms with Gasteiger partial charge in [0.05, 0.1) is 12.7 Å². The van der Waals surface area contributed by atoms with Gasteiger partial charge in [0.1, 0.15) is 5.75 Å². The summed E-state index contributed by atoms with van der Waals surface area (Å²) in [5.74, 6) is 1.50.